The van der Waals surface area contributed by atoms with Crippen LogP contribution in [0.1, 0.15) is 74.2 Å². The standard InChI is InChI=1S/C27H33Cl2N7O2/c1-27(2,3)19-10-8-17(9-11-19)24(32-26(38)31-22-13-20(28)12-21(29)14-22)16-4-6-18(7-5-16)25(37)30-15-23-33-35-36-34-23/h4-7,12-14,17,19,24H,8-11,15H2,1-3H3,(H,30,37)(H2,31,32,38)(H,33,34,35,36). The van der Waals surface area contributed by atoms with Gasteiger partial charge < -0.3 is 16.0 Å². The predicted molar refractivity (Wildman–Crippen MR) is 148 cm³/mol. The lowest BCUT2D eigenvalue weighted by molar-refractivity contribution is 0.0949. The lowest BCUT2D eigenvalue weighted by Crippen LogP contribution is -2.38. The van der Waals surface area contributed by atoms with Crippen LogP contribution in [0, 0.1) is 17.3 Å². The molecule has 11 heteroatoms. The van der Waals surface area contributed by atoms with E-state index >= 15 is 0 Å². The molecule has 1 fully saturated rings. The number of amides is 3. The number of halogens is 2. The highest BCUT2D eigenvalue weighted by Crippen LogP contribution is 2.43. The maximum absolute atomic E-state index is 13.1. The number of tetrazole rings is 1. The van der Waals surface area contributed by atoms with E-state index in [0.29, 0.717) is 33.0 Å². The molecular weight excluding hydrogens is 525 g/mol. The molecule has 1 aliphatic rings. The number of nitrogens with zero attached hydrogens (tertiary/aromatic N) is 3. The Kier molecular flexibility index (Phi) is 8.89. The molecule has 1 aliphatic carbocycles. The summed E-state index contributed by atoms with van der Waals surface area (Å²) in [6.07, 6.45) is 4.22. The molecular formula is C27H33Cl2N7O2. The third kappa shape index (κ3) is 7.45. The summed E-state index contributed by atoms with van der Waals surface area (Å²) in [6, 6.07) is 11.7. The van der Waals surface area contributed by atoms with Gasteiger partial charge in [-0.25, -0.2) is 4.79 Å². The lowest BCUT2D eigenvalue weighted by Gasteiger charge is -2.39. The normalized spacial score (nSPS) is 18.4. The van der Waals surface area contributed by atoms with Gasteiger partial charge in [0.25, 0.3) is 5.91 Å². The predicted octanol–water partition coefficient (Wildman–Crippen LogP) is 6.15. The van der Waals surface area contributed by atoms with Crippen LogP contribution in [0.3, 0.4) is 0 Å². The highest BCUT2D eigenvalue weighted by Gasteiger charge is 2.34. The van der Waals surface area contributed by atoms with Gasteiger partial charge in [0.05, 0.1) is 12.6 Å². The van der Waals surface area contributed by atoms with Gasteiger partial charge in [-0.15, -0.1) is 10.2 Å². The van der Waals surface area contributed by atoms with Gasteiger partial charge in [0.15, 0.2) is 5.82 Å². The lowest BCUT2D eigenvalue weighted by atomic mass is 9.68. The third-order valence-electron chi connectivity index (χ3n) is 7.20. The van der Waals surface area contributed by atoms with Crippen molar-refractivity contribution in [3.05, 3.63) is 69.5 Å². The molecule has 0 saturated heterocycles. The minimum absolute atomic E-state index is 0.173. The fourth-order valence-electron chi connectivity index (χ4n) is 5.09. The van der Waals surface area contributed by atoms with Crippen LogP contribution in [-0.4, -0.2) is 32.6 Å². The van der Waals surface area contributed by atoms with Gasteiger partial charge >= 0.3 is 6.03 Å². The quantitative estimate of drug-likeness (QED) is 0.277. The summed E-state index contributed by atoms with van der Waals surface area (Å²) in [5.74, 6) is 1.07. The molecule has 0 spiro atoms. The second-order valence-electron chi connectivity index (χ2n) is 10.8. The van der Waals surface area contributed by atoms with Gasteiger partial charge in [-0.1, -0.05) is 61.3 Å². The van der Waals surface area contributed by atoms with E-state index in [1.54, 1.807) is 30.3 Å². The molecule has 38 heavy (non-hydrogen) atoms. The molecule has 0 radical (unpaired) electrons. The number of benzene rings is 2. The maximum Gasteiger partial charge on any atom is 0.319 e. The van der Waals surface area contributed by atoms with Gasteiger partial charge in [-0.2, -0.15) is 5.21 Å². The Hall–Kier alpha value is -3.17. The van der Waals surface area contributed by atoms with Crippen molar-refractivity contribution in [2.75, 3.05) is 5.32 Å². The average Bonchev–Trinajstić information content (AvgIpc) is 3.39. The summed E-state index contributed by atoms with van der Waals surface area (Å²) < 4.78 is 0. The fraction of sp³-hybridized carbons (Fsp3) is 0.444. The van der Waals surface area contributed by atoms with Crippen LogP contribution in [0.4, 0.5) is 10.5 Å². The Morgan fingerprint density at radius 3 is 2.26 bits per heavy atom. The van der Waals surface area contributed by atoms with E-state index < -0.39 is 0 Å². The van der Waals surface area contributed by atoms with Crippen LogP contribution >= 0.6 is 23.2 Å². The van der Waals surface area contributed by atoms with E-state index in [4.69, 9.17) is 23.2 Å². The number of urea groups is 1. The van der Waals surface area contributed by atoms with Crippen molar-refractivity contribution < 1.29 is 9.59 Å². The maximum atomic E-state index is 13.1. The molecule has 1 saturated carbocycles. The number of carbonyl (C=O) groups excluding carboxylic acids is 2. The molecule has 4 rings (SSSR count). The van der Waals surface area contributed by atoms with Crippen molar-refractivity contribution in [1.29, 1.82) is 0 Å². The summed E-state index contributed by atoms with van der Waals surface area (Å²) in [4.78, 5) is 25.7. The zero-order chi connectivity index (χ0) is 27.3. The van der Waals surface area contributed by atoms with Crippen molar-refractivity contribution in [3.8, 4) is 0 Å². The summed E-state index contributed by atoms with van der Waals surface area (Å²) >= 11 is 12.2. The first-order chi connectivity index (χ1) is 18.1. The molecule has 4 N–H and O–H groups in total. The first-order valence-electron chi connectivity index (χ1n) is 12.7. The molecule has 1 unspecified atom stereocenters. The summed E-state index contributed by atoms with van der Waals surface area (Å²) in [7, 11) is 0. The fourth-order valence-corrected chi connectivity index (χ4v) is 5.61. The smallest absolute Gasteiger partial charge is 0.319 e. The molecule has 202 valence electrons. The van der Waals surface area contributed by atoms with E-state index in [1.807, 2.05) is 12.1 Å². The van der Waals surface area contributed by atoms with Crippen LogP contribution in [0.25, 0.3) is 0 Å². The first kappa shape index (κ1) is 27.9. The molecule has 1 atom stereocenters. The van der Waals surface area contributed by atoms with Crippen LogP contribution in [0.2, 0.25) is 10.0 Å². The Morgan fingerprint density at radius 1 is 1.03 bits per heavy atom. The summed E-state index contributed by atoms with van der Waals surface area (Å²) in [5.41, 5.74) is 2.22. The van der Waals surface area contributed by atoms with E-state index in [-0.39, 0.29) is 35.9 Å². The number of H-pyrrole nitrogens is 1. The second kappa shape index (κ2) is 12.1. The van der Waals surface area contributed by atoms with Crippen LogP contribution in [-0.2, 0) is 6.54 Å². The highest BCUT2D eigenvalue weighted by atomic mass is 35.5. The number of rotatable bonds is 7. The monoisotopic (exact) mass is 557 g/mol. The topological polar surface area (TPSA) is 125 Å². The van der Waals surface area contributed by atoms with Crippen LogP contribution < -0.4 is 16.0 Å². The summed E-state index contributed by atoms with van der Waals surface area (Å²) in [5, 5.41) is 23.2. The Labute approximate surface area is 232 Å². The number of aromatic nitrogens is 4. The van der Waals surface area contributed by atoms with Crippen LogP contribution in [0.15, 0.2) is 42.5 Å². The second-order valence-corrected chi connectivity index (χ2v) is 11.7. The van der Waals surface area contributed by atoms with E-state index in [0.717, 1.165) is 31.2 Å². The summed E-state index contributed by atoms with van der Waals surface area (Å²) in [6.45, 7) is 7.05. The number of anilines is 1. The molecule has 0 aliphatic heterocycles. The number of hydrogen-bond donors (Lipinski definition) is 4. The van der Waals surface area contributed by atoms with Crippen molar-refractivity contribution in [2.24, 2.45) is 17.3 Å². The van der Waals surface area contributed by atoms with Crippen molar-refractivity contribution in [2.45, 2.75) is 59.0 Å². The molecule has 1 aromatic heterocycles. The van der Waals surface area contributed by atoms with Crippen molar-refractivity contribution in [1.82, 2.24) is 31.3 Å². The van der Waals surface area contributed by atoms with Gasteiger partial charge in [0.1, 0.15) is 0 Å². The van der Waals surface area contributed by atoms with E-state index in [1.165, 1.54) is 0 Å². The SMILES string of the molecule is CC(C)(C)C1CCC(C(NC(=O)Nc2cc(Cl)cc(Cl)c2)c2ccc(C(=O)NCc3nn[nH]n3)cc2)CC1. The Balaban J connectivity index is 1.48. The van der Waals surface area contributed by atoms with Gasteiger partial charge in [-0.05, 0) is 78.8 Å². The first-order valence-corrected chi connectivity index (χ1v) is 13.5. The van der Waals surface area contributed by atoms with E-state index in [2.05, 4.69) is 57.3 Å². The molecule has 0 bridgehead atoms. The third-order valence-corrected chi connectivity index (χ3v) is 7.64. The highest BCUT2D eigenvalue weighted by molar-refractivity contribution is 6.35. The zero-order valence-electron chi connectivity index (χ0n) is 21.7. The number of aromatic amines is 1. The largest absolute Gasteiger partial charge is 0.345 e. The molecule has 2 aromatic carbocycles. The minimum Gasteiger partial charge on any atom is -0.345 e. The molecule has 3 aromatic rings. The molecule has 9 nitrogen and oxygen atoms in total. The van der Waals surface area contributed by atoms with E-state index in [9.17, 15) is 9.59 Å². The van der Waals surface area contributed by atoms with Crippen molar-refractivity contribution >= 4 is 40.8 Å². The van der Waals surface area contributed by atoms with Crippen LogP contribution in [0.5, 0.6) is 0 Å². The molecule has 1 heterocycles. The van der Waals surface area contributed by atoms with Gasteiger partial charge in [-0.3, -0.25) is 4.79 Å². The average molecular weight is 559 g/mol. The van der Waals surface area contributed by atoms with Gasteiger partial charge in [0, 0.05) is 21.3 Å². The minimum atomic E-state index is -0.340. The zero-order valence-corrected chi connectivity index (χ0v) is 23.2. The number of nitrogens with one attached hydrogen (secondary N) is 4. The Bertz CT molecular complexity index is 1220. The van der Waals surface area contributed by atoms with Crippen molar-refractivity contribution in [3.63, 3.8) is 0 Å². The van der Waals surface area contributed by atoms with Gasteiger partial charge in [0.2, 0.25) is 0 Å². The Morgan fingerprint density at radius 2 is 1.68 bits per heavy atom. The number of carbonyl (C=O) groups is 2. The molecule has 3 amide bonds. The number of hydrogen-bond acceptors (Lipinski definition) is 5.